The summed E-state index contributed by atoms with van der Waals surface area (Å²) in [7, 11) is 0. The summed E-state index contributed by atoms with van der Waals surface area (Å²) in [5.41, 5.74) is 2.11. The van der Waals surface area contributed by atoms with E-state index in [1.54, 1.807) is 18.2 Å². The zero-order chi connectivity index (χ0) is 21.9. The molecule has 0 bridgehead atoms. The van der Waals surface area contributed by atoms with Crippen LogP contribution in [0.5, 0.6) is 0 Å². The van der Waals surface area contributed by atoms with E-state index in [0.717, 1.165) is 24.9 Å². The summed E-state index contributed by atoms with van der Waals surface area (Å²) < 4.78 is 6.01. The third-order valence-corrected chi connectivity index (χ3v) is 6.76. The Hall–Kier alpha value is -3.34. The minimum atomic E-state index is -0.162. The molecule has 0 radical (unpaired) electrons. The summed E-state index contributed by atoms with van der Waals surface area (Å²) in [4.78, 5) is 27.8. The van der Waals surface area contributed by atoms with Gasteiger partial charge in [-0.2, -0.15) is 0 Å². The molecule has 5 heteroatoms. The van der Waals surface area contributed by atoms with E-state index in [4.69, 9.17) is 4.42 Å². The predicted octanol–water partition coefficient (Wildman–Crippen LogP) is 5.99. The fourth-order valence-electron chi connectivity index (χ4n) is 5.17. The van der Waals surface area contributed by atoms with Gasteiger partial charge in [0.25, 0.3) is 11.8 Å². The number of carbonyl (C=O) groups excluding carboxylic acids is 2. The van der Waals surface area contributed by atoms with E-state index in [2.05, 4.69) is 5.32 Å². The summed E-state index contributed by atoms with van der Waals surface area (Å²) >= 11 is 0. The lowest BCUT2D eigenvalue weighted by Gasteiger charge is -2.43. The van der Waals surface area contributed by atoms with Crippen molar-refractivity contribution < 1.29 is 14.0 Å². The summed E-state index contributed by atoms with van der Waals surface area (Å²) in [6.45, 7) is 0.817. The highest BCUT2D eigenvalue weighted by atomic mass is 16.4. The van der Waals surface area contributed by atoms with Crippen LogP contribution in [-0.4, -0.2) is 29.3 Å². The highest BCUT2D eigenvalue weighted by Crippen LogP contribution is 2.36. The monoisotopic (exact) mass is 428 g/mol. The van der Waals surface area contributed by atoms with Gasteiger partial charge in [-0.15, -0.1) is 0 Å². The second kappa shape index (κ2) is 9.03. The van der Waals surface area contributed by atoms with Gasteiger partial charge in [0.15, 0.2) is 5.76 Å². The lowest BCUT2D eigenvalue weighted by Crippen LogP contribution is -2.49. The Morgan fingerprint density at radius 3 is 2.56 bits per heavy atom. The second-order valence-electron chi connectivity index (χ2n) is 8.82. The van der Waals surface area contributed by atoms with Crippen molar-refractivity contribution in [1.82, 2.24) is 4.90 Å². The summed E-state index contributed by atoms with van der Waals surface area (Å²) in [5, 5.41) is 2.92. The van der Waals surface area contributed by atoms with Crippen LogP contribution >= 0.6 is 0 Å². The molecule has 2 atom stereocenters. The highest BCUT2D eigenvalue weighted by Gasteiger charge is 2.36. The summed E-state index contributed by atoms with van der Waals surface area (Å²) in [5.74, 6) is 1.50. The van der Waals surface area contributed by atoms with Crippen LogP contribution in [0.3, 0.4) is 0 Å². The molecule has 2 fully saturated rings. The summed E-state index contributed by atoms with van der Waals surface area (Å²) in [6.07, 6.45) is 7.14. The van der Waals surface area contributed by atoms with Crippen molar-refractivity contribution in [3.05, 3.63) is 78.1 Å². The molecule has 1 aromatic heterocycles. The molecule has 1 saturated carbocycles. The molecule has 2 amide bonds. The van der Waals surface area contributed by atoms with Crippen molar-refractivity contribution in [3.8, 4) is 11.3 Å². The SMILES string of the molecule is O=C(Nc1cccc(-c2ccc(C(=O)N3CCC[C@@H]4CCCC[C@@H]43)o2)c1)c1ccccc1. The maximum atomic E-state index is 13.2. The van der Waals surface area contributed by atoms with E-state index < -0.39 is 0 Å². The maximum Gasteiger partial charge on any atom is 0.289 e. The number of amides is 2. The van der Waals surface area contributed by atoms with Crippen LogP contribution in [0.15, 0.2) is 71.1 Å². The first-order valence-electron chi connectivity index (χ1n) is 11.6. The first-order chi connectivity index (χ1) is 15.7. The van der Waals surface area contributed by atoms with Crippen molar-refractivity contribution in [2.24, 2.45) is 5.92 Å². The molecular formula is C27H28N2O3. The largest absolute Gasteiger partial charge is 0.451 e. The molecular weight excluding hydrogens is 400 g/mol. The average molecular weight is 429 g/mol. The topological polar surface area (TPSA) is 62.6 Å². The third kappa shape index (κ3) is 4.20. The number of piperidine rings is 1. The standard InChI is InChI=1S/C27H28N2O3/c30-26(20-9-2-1-3-10-20)28-22-13-6-11-21(18-22)24-15-16-25(32-24)27(31)29-17-7-12-19-8-4-5-14-23(19)29/h1-3,6,9-11,13,15-16,18-19,23H,4-5,7-8,12,14,17H2,(H,28,30)/t19-,23-/m0/s1. The second-order valence-corrected chi connectivity index (χ2v) is 8.82. The number of nitrogens with one attached hydrogen (secondary N) is 1. The lowest BCUT2D eigenvalue weighted by molar-refractivity contribution is 0.0363. The molecule has 5 rings (SSSR count). The van der Waals surface area contributed by atoms with Gasteiger partial charge >= 0.3 is 0 Å². The molecule has 2 heterocycles. The third-order valence-electron chi connectivity index (χ3n) is 6.76. The van der Waals surface area contributed by atoms with Crippen LogP contribution in [0, 0.1) is 5.92 Å². The Morgan fingerprint density at radius 2 is 1.69 bits per heavy atom. The Bertz CT molecular complexity index is 1100. The van der Waals surface area contributed by atoms with E-state index >= 15 is 0 Å². The quantitative estimate of drug-likeness (QED) is 0.555. The van der Waals surface area contributed by atoms with Gasteiger partial charge in [-0.25, -0.2) is 0 Å². The lowest BCUT2D eigenvalue weighted by atomic mass is 9.78. The molecule has 164 valence electrons. The van der Waals surface area contributed by atoms with Crippen LogP contribution in [-0.2, 0) is 0 Å². The fraction of sp³-hybridized carbons (Fsp3) is 0.333. The van der Waals surface area contributed by atoms with Gasteiger partial charge in [0.2, 0.25) is 0 Å². The zero-order valence-corrected chi connectivity index (χ0v) is 18.1. The van der Waals surface area contributed by atoms with Crippen molar-refractivity contribution in [2.45, 2.75) is 44.6 Å². The van der Waals surface area contributed by atoms with Crippen LogP contribution < -0.4 is 5.32 Å². The molecule has 1 aliphatic carbocycles. The van der Waals surface area contributed by atoms with E-state index in [-0.39, 0.29) is 11.8 Å². The van der Waals surface area contributed by atoms with E-state index in [1.807, 2.05) is 53.4 Å². The van der Waals surface area contributed by atoms with E-state index in [1.165, 1.54) is 25.7 Å². The van der Waals surface area contributed by atoms with Gasteiger partial charge in [-0.05, 0) is 68.0 Å². The number of nitrogens with zero attached hydrogens (tertiary/aromatic N) is 1. The van der Waals surface area contributed by atoms with E-state index in [0.29, 0.717) is 34.7 Å². The van der Waals surface area contributed by atoms with Gasteiger partial charge in [-0.3, -0.25) is 9.59 Å². The predicted molar refractivity (Wildman–Crippen MR) is 125 cm³/mol. The summed E-state index contributed by atoms with van der Waals surface area (Å²) in [6, 6.07) is 20.6. The Balaban J connectivity index is 1.32. The number of carbonyl (C=O) groups is 2. The molecule has 0 spiro atoms. The number of fused-ring (bicyclic) bond motifs is 1. The van der Waals surface area contributed by atoms with Crippen LogP contribution in [0.25, 0.3) is 11.3 Å². The number of hydrogen-bond donors (Lipinski definition) is 1. The molecule has 1 N–H and O–H groups in total. The molecule has 2 aromatic carbocycles. The van der Waals surface area contributed by atoms with Crippen molar-refractivity contribution in [3.63, 3.8) is 0 Å². The van der Waals surface area contributed by atoms with Crippen molar-refractivity contribution >= 4 is 17.5 Å². The Morgan fingerprint density at radius 1 is 0.875 bits per heavy atom. The molecule has 1 saturated heterocycles. The molecule has 5 nitrogen and oxygen atoms in total. The van der Waals surface area contributed by atoms with Gasteiger partial charge in [0.05, 0.1) is 0 Å². The number of furan rings is 1. The van der Waals surface area contributed by atoms with Gasteiger partial charge < -0.3 is 14.6 Å². The molecule has 0 unspecified atom stereocenters. The fourth-order valence-corrected chi connectivity index (χ4v) is 5.17. The van der Waals surface area contributed by atoms with Crippen molar-refractivity contribution in [1.29, 1.82) is 0 Å². The van der Waals surface area contributed by atoms with Crippen LogP contribution in [0.2, 0.25) is 0 Å². The van der Waals surface area contributed by atoms with Crippen molar-refractivity contribution in [2.75, 3.05) is 11.9 Å². The van der Waals surface area contributed by atoms with Gasteiger partial charge in [-0.1, -0.05) is 43.2 Å². The van der Waals surface area contributed by atoms with Crippen LogP contribution in [0.4, 0.5) is 5.69 Å². The molecule has 1 aliphatic heterocycles. The van der Waals surface area contributed by atoms with Crippen LogP contribution in [0.1, 0.15) is 59.4 Å². The maximum absolute atomic E-state index is 13.2. The smallest absolute Gasteiger partial charge is 0.289 e. The minimum Gasteiger partial charge on any atom is -0.451 e. The highest BCUT2D eigenvalue weighted by molar-refractivity contribution is 6.04. The molecule has 2 aliphatic rings. The number of benzene rings is 2. The number of hydrogen-bond acceptors (Lipinski definition) is 3. The normalized spacial score (nSPS) is 20.4. The first-order valence-corrected chi connectivity index (χ1v) is 11.6. The Kier molecular flexibility index (Phi) is 5.80. The molecule has 3 aromatic rings. The number of rotatable bonds is 4. The first kappa shape index (κ1) is 20.6. The zero-order valence-electron chi connectivity index (χ0n) is 18.1. The van der Waals surface area contributed by atoms with E-state index in [9.17, 15) is 9.59 Å². The van der Waals surface area contributed by atoms with Gasteiger partial charge in [0, 0.05) is 29.4 Å². The Labute approximate surface area is 188 Å². The average Bonchev–Trinajstić information content (AvgIpc) is 3.34. The minimum absolute atomic E-state index is 0.00128. The number of likely N-dealkylation sites (tertiary alicyclic amines) is 1. The number of anilines is 1. The molecule has 32 heavy (non-hydrogen) atoms. The van der Waals surface area contributed by atoms with Gasteiger partial charge in [0.1, 0.15) is 5.76 Å².